The second-order valence-electron chi connectivity index (χ2n) is 6.35. The minimum absolute atomic E-state index is 0.0122. The molecule has 1 aliphatic rings. The van der Waals surface area contributed by atoms with Crippen molar-refractivity contribution < 1.29 is 14.7 Å². The average molecular weight is 322 g/mol. The fraction of sp³-hybridized carbons (Fsp3) is 0.333. The standard InChI is InChI=1S/C21H22O3/c22-14-18-7-3-4-8-19(18)21(24)12-11-20(23)17-10-9-15-5-1-2-6-16(15)13-17/h3-4,7-10,13,22H,1-2,5-6,11-12,14H2. The third-order valence-electron chi connectivity index (χ3n) is 4.74. The highest BCUT2D eigenvalue weighted by Crippen LogP contribution is 2.23. The highest BCUT2D eigenvalue weighted by molar-refractivity contribution is 6.02. The van der Waals surface area contributed by atoms with Crippen LogP contribution in [0.5, 0.6) is 0 Å². The smallest absolute Gasteiger partial charge is 0.163 e. The number of benzene rings is 2. The van der Waals surface area contributed by atoms with Crippen LogP contribution in [0, 0.1) is 0 Å². The maximum Gasteiger partial charge on any atom is 0.163 e. The summed E-state index contributed by atoms with van der Waals surface area (Å²) < 4.78 is 0. The zero-order valence-corrected chi connectivity index (χ0v) is 13.8. The van der Waals surface area contributed by atoms with Gasteiger partial charge in [-0.05, 0) is 48.4 Å². The number of hydrogen-bond donors (Lipinski definition) is 1. The van der Waals surface area contributed by atoms with Crippen LogP contribution in [0.1, 0.15) is 63.1 Å². The Balaban J connectivity index is 1.66. The van der Waals surface area contributed by atoms with Crippen LogP contribution in [0.3, 0.4) is 0 Å². The number of Topliss-reactive ketones (excluding diaryl/α,β-unsaturated/α-hetero) is 2. The van der Waals surface area contributed by atoms with E-state index in [1.165, 1.54) is 24.0 Å². The van der Waals surface area contributed by atoms with Crippen LogP contribution >= 0.6 is 0 Å². The molecule has 0 aromatic heterocycles. The van der Waals surface area contributed by atoms with E-state index < -0.39 is 0 Å². The summed E-state index contributed by atoms with van der Waals surface area (Å²) in [5, 5.41) is 9.32. The van der Waals surface area contributed by atoms with Gasteiger partial charge in [-0.1, -0.05) is 36.4 Å². The lowest BCUT2D eigenvalue weighted by Crippen LogP contribution is -2.09. The summed E-state index contributed by atoms with van der Waals surface area (Å²) in [4.78, 5) is 24.7. The molecule has 0 saturated carbocycles. The highest BCUT2D eigenvalue weighted by Gasteiger charge is 2.16. The molecule has 0 bridgehead atoms. The molecule has 2 aromatic carbocycles. The van der Waals surface area contributed by atoms with E-state index in [0.717, 1.165) is 12.8 Å². The quantitative estimate of drug-likeness (QED) is 0.821. The largest absolute Gasteiger partial charge is 0.392 e. The Kier molecular flexibility index (Phi) is 5.21. The first-order valence-electron chi connectivity index (χ1n) is 8.56. The van der Waals surface area contributed by atoms with Crippen molar-refractivity contribution in [1.29, 1.82) is 0 Å². The number of hydrogen-bond acceptors (Lipinski definition) is 3. The van der Waals surface area contributed by atoms with Crippen LogP contribution in [0.4, 0.5) is 0 Å². The summed E-state index contributed by atoms with van der Waals surface area (Å²) in [5.41, 5.74) is 4.47. The van der Waals surface area contributed by atoms with Gasteiger partial charge in [0.05, 0.1) is 6.61 Å². The van der Waals surface area contributed by atoms with Crippen molar-refractivity contribution in [2.75, 3.05) is 0 Å². The Morgan fingerprint density at radius 1 is 0.875 bits per heavy atom. The van der Waals surface area contributed by atoms with Crippen LogP contribution in [0.25, 0.3) is 0 Å². The fourth-order valence-corrected chi connectivity index (χ4v) is 3.34. The summed E-state index contributed by atoms with van der Waals surface area (Å²) in [6.45, 7) is -0.166. The molecule has 0 aliphatic heterocycles. The van der Waals surface area contributed by atoms with Crippen LogP contribution in [0.2, 0.25) is 0 Å². The first kappa shape index (κ1) is 16.6. The molecule has 0 spiro atoms. The maximum absolute atomic E-state index is 12.4. The number of ketones is 2. The number of rotatable bonds is 6. The fourth-order valence-electron chi connectivity index (χ4n) is 3.34. The monoisotopic (exact) mass is 322 g/mol. The predicted octanol–water partition coefficient (Wildman–Crippen LogP) is 3.90. The zero-order chi connectivity index (χ0) is 16.9. The van der Waals surface area contributed by atoms with E-state index >= 15 is 0 Å². The lowest BCUT2D eigenvalue weighted by Gasteiger charge is -2.16. The molecule has 0 saturated heterocycles. The number of aryl methyl sites for hydroxylation is 2. The van der Waals surface area contributed by atoms with Gasteiger partial charge in [0, 0.05) is 24.0 Å². The van der Waals surface area contributed by atoms with Crippen molar-refractivity contribution in [1.82, 2.24) is 0 Å². The minimum atomic E-state index is -0.166. The molecule has 124 valence electrons. The SMILES string of the molecule is O=C(CCC(=O)c1ccccc1CO)c1ccc2c(c1)CCCC2. The van der Waals surface area contributed by atoms with E-state index in [2.05, 4.69) is 6.07 Å². The van der Waals surface area contributed by atoms with Crippen molar-refractivity contribution in [3.05, 3.63) is 70.3 Å². The molecule has 0 heterocycles. The molecule has 0 unspecified atom stereocenters. The molecule has 0 radical (unpaired) electrons. The summed E-state index contributed by atoms with van der Waals surface area (Å²) in [5.74, 6) is -0.0795. The van der Waals surface area contributed by atoms with Crippen LogP contribution < -0.4 is 0 Å². The lowest BCUT2D eigenvalue weighted by atomic mass is 9.89. The van der Waals surface area contributed by atoms with Gasteiger partial charge in [0.25, 0.3) is 0 Å². The lowest BCUT2D eigenvalue weighted by molar-refractivity contribution is 0.0916. The Morgan fingerprint density at radius 2 is 1.58 bits per heavy atom. The number of aliphatic hydroxyl groups is 1. The van der Waals surface area contributed by atoms with Crippen molar-refractivity contribution in [2.45, 2.75) is 45.1 Å². The number of aliphatic hydroxyl groups excluding tert-OH is 1. The Bertz CT molecular complexity index is 761. The number of carbonyl (C=O) groups is 2. The van der Waals surface area contributed by atoms with Gasteiger partial charge in [0.2, 0.25) is 0 Å². The van der Waals surface area contributed by atoms with Gasteiger partial charge in [-0.15, -0.1) is 0 Å². The van der Waals surface area contributed by atoms with Crippen molar-refractivity contribution in [2.24, 2.45) is 0 Å². The predicted molar refractivity (Wildman–Crippen MR) is 93.3 cm³/mol. The summed E-state index contributed by atoms with van der Waals surface area (Å²) in [7, 11) is 0. The van der Waals surface area contributed by atoms with Crippen molar-refractivity contribution in [3.63, 3.8) is 0 Å². The third-order valence-corrected chi connectivity index (χ3v) is 4.74. The molecule has 2 aromatic rings. The van der Waals surface area contributed by atoms with Gasteiger partial charge in [0.1, 0.15) is 0 Å². The maximum atomic E-state index is 12.4. The Morgan fingerprint density at radius 3 is 2.38 bits per heavy atom. The molecule has 0 fully saturated rings. The van der Waals surface area contributed by atoms with Crippen molar-refractivity contribution in [3.8, 4) is 0 Å². The summed E-state index contributed by atoms with van der Waals surface area (Å²) in [6.07, 6.45) is 4.92. The zero-order valence-electron chi connectivity index (χ0n) is 13.8. The first-order valence-corrected chi connectivity index (χ1v) is 8.56. The second kappa shape index (κ2) is 7.54. The topological polar surface area (TPSA) is 54.4 Å². The number of carbonyl (C=O) groups excluding carboxylic acids is 2. The Labute approximate surface area is 142 Å². The molecular weight excluding hydrogens is 300 g/mol. The van der Waals surface area contributed by atoms with Gasteiger partial charge >= 0.3 is 0 Å². The van der Waals surface area contributed by atoms with E-state index in [1.807, 2.05) is 12.1 Å². The van der Waals surface area contributed by atoms with E-state index in [1.54, 1.807) is 24.3 Å². The van der Waals surface area contributed by atoms with Gasteiger partial charge in [0.15, 0.2) is 11.6 Å². The van der Waals surface area contributed by atoms with Gasteiger partial charge in [-0.25, -0.2) is 0 Å². The molecule has 1 N–H and O–H groups in total. The van der Waals surface area contributed by atoms with Gasteiger partial charge < -0.3 is 5.11 Å². The van der Waals surface area contributed by atoms with Crippen LogP contribution in [-0.4, -0.2) is 16.7 Å². The Hall–Kier alpha value is -2.26. The first-order chi connectivity index (χ1) is 11.7. The van der Waals surface area contributed by atoms with Gasteiger partial charge in [-0.3, -0.25) is 9.59 Å². The van der Waals surface area contributed by atoms with Gasteiger partial charge in [-0.2, -0.15) is 0 Å². The van der Waals surface area contributed by atoms with E-state index in [4.69, 9.17) is 0 Å². The molecule has 24 heavy (non-hydrogen) atoms. The summed E-state index contributed by atoms with van der Waals surface area (Å²) >= 11 is 0. The normalized spacial score (nSPS) is 13.4. The molecule has 3 nitrogen and oxygen atoms in total. The summed E-state index contributed by atoms with van der Waals surface area (Å²) in [6, 6.07) is 13.0. The molecule has 3 heteroatoms. The second-order valence-corrected chi connectivity index (χ2v) is 6.35. The average Bonchev–Trinajstić information content (AvgIpc) is 2.65. The highest BCUT2D eigenvalue weighted by atomic mass is 16.3. The number of fused-ring (bicyclic) bond motifs is 1. The molecule has 1 aliphatic carbocycles. The van der Waals surface area contributed by atoms with Crippen molar-refractivity contribution >= 4 is 11.6 Å². The molecular formula is C21H22O3. The molecule has 0 atom stereocenters. The van der Waals surface area contributed by atoms with Crippen LogP contribution in [-0.2, 0) is 19.4 Å². The van der Waals surface area contributed by atoms with E-state index in [0.29, 0.717) is 16.7 Å². The minimum Gasteiger partial charge on any atom is -0.392 e. The third kappa shape index (κ3) is 3.62. The molecule has 0 amide bonds. The van der Waals surface area contributed by atoms with E-state index in [9.17, 15) is 14.7 Å². The van der Waals surface area contributed by atoms with E-state index in [-0.39, 0.29) is 31.0 Å². The van der Waals surface area contributed by atoms with Crippen LogP contribution in [0.15, 0.2) is 42.5 Å². The molecule has 3 rings (SSSR count).